The van der Waals surface area contributed by atoms with E-state index in [0.29, 0.717) is 6.04 Å². The standard InChI is InChI=1S/C11H19NS2/c1-3-10(12-2)6-4-8-13-11-7-5-9-14-11/h5,7,9-10,12H,3-4,6,8H2,1-2H3. The van der Waals surface area contributed by atoms with E-state index in [0.717, 1.165) is 0 Å². The molecule has 1 unspecified atom stereocenters. The molecule has 0 aliphatic heterocycles. The third-order valence-electron chi connectivity index (χ3n) is 2.34. The number of rotatable bonds is 7. The Balaban J connectivity index is 2.04. The molecule has 0 bridgehead atoms. The van der Waals surface area contributed by atoms with Gasteiger partial charge in [-0.25, -0.2) is 0 Å². The van der Waals surface area contributed by atoms with Gasteiger partial charge in [-0.2, -0.15) is 0 Å². The number of hydrogen-bond donors (Lipinski definition) is 1. The number of thioether (sulfide) groups is 1. The highest BCUT2D eigenvalue weighted by molar-refractivity contribution is 8.01. The first-order valence-electron chi connectivity index (χ1n) is 5.20. The van der Waals surface area contributed by atoms with Crippen molar-refractivity contribution in [2.75, 3.05) is 12.8 Å². The second-order valence-electron chi connectivity index (χ2n) is 3.32. The Morgan fingerprint density at radius 3 is 3.00 bits per heavy atom. The average Bonchev–Trinajstić information content (AvgIpc) is 2.71. The summed E-state index contributed by atoms with van der Waals surface area (Å²) in [5.41, 5.74) is 0. The van der Waals surface area contributed by atoms with Crippen molar-refractivity contribution in [3.8, 4) is 0 Å². The third-order valence-corrected chi connectivity index (χ3v) is 4.55. The first-order valence-corrected chi connectivity index (χ1v) is 7.07. The summed E-state index contributed by atoms with van der Waals surface area (Å²) in [6, 6.07) is 5.03. The minimum absolute atomic E-state index is 0.707. The molecule has 0 radical (unpaired) electrons. The van der Waals surface area contributed by atoms with Gasteiger partial charge in [-0.05, 0) is 43.5 Å². The van der Waals surface area contributed by atoms with Gasteiger partial charge in [0, 0.05) is 6.04 Å². The van der Waals surface area contributed by atoms with Gasteiger partial charge in [0.25, 0.3) is 0 Å². The van der Waals surface area contributed by atoms with Crippen LogP contribution in [0.3, 0.4) is 0 Å². The summed E-state index contributed by atoms with van der Waals surface area (Å²) in [5, 5.41) is 5.48. The average molecular weight is 229 g/mol. The molecule has 0 amide bonds. The lowest BCUT2D eigenvalue weighted by molar-refractivity contribution is 0.504. The van der Waals surface area contributed by atoms with Gasteiger partial charge >= 0.3 is 0 Å². The van der Waals surface area contributed by atoms with Crippen molar-refractivity contribution in [1.82, 2.24) is 5.32 Å². The van der Waals surface area contributed by atoms with Crippen LogP contribution in [0.15, 0.2) is 21.7 Å². The van der Waals surface area contributed by atoms with Crippen LogP contribution >= 0.6 is 23.1 Å². The van der Waals surface area contributed by atoms with Gasteiger partial charge in [-0.1, -0.05) is 13.0 Å². The lowest BCUT2D eigenvalue weighted by atomic mass is 10.1. The van der Waals surface area contributed by atoms with Crippen LogP contribution in [-0.2, 0) is 0 Å². The smallest absolute Gasteiger partial charge is 0.0598 e. The van der Waals surface area contributed by atoms with Crippen molar-refractivity contribution in [3.05, 3.63) is 17.5 Å². The van der Waals surface area contributed by atoms with Crippen molar-refractivity contribution >= 4 is 23.1 Å². The van der Waals surface area contributed by atoms with Crippen LogP contribution in [-0.4, -0.2) is 18.8 Å². The highest BCUT2D eigenvalue weighted by atomic mass is 32.2. The van der Waals surface area contributed by atoms with Gasteiger partial charge in [-0.3, -0.25) is 0 Å². The SMILES string of the molecule is CCC(CCCSc1cccs1)NC. The fraction of sp³-hybridized carbons (Fsp3) is 0.636. The van der Waals surface area contributed by atoms with Gasteiger partial charge < -0.3 is 5.32 Å². The zero-order chi connectivity index (χ0) is 10.2. The molecule has 1 atom stereocenters. The van der Waals surface area contributed by atoms with E-state index >= 15 is 0 Å². The fourth-order valence-electron chi connectivity index (χ4n) is 1.40. The molecular weight excluding hydrogens is 210 g/mol. The summed E-state index contributed by atoms with van der Waals surface area (Å²) in [5.74, 6) is 1.25. The molecule has 1 aromatic heterocycles. The Bertz CT molecular complexity index is 217. The Labute approximate surface area is 95.3 Å². The zero-order valence-electron chi connectivity index (χ0n) is 8.95. The third kappa shape index (κ3) is 4.49. The monoisotopic (exact) mass is 229 g/mol. The fourth-order valence-corrected chi connectivity index (χ4v) is 3.22. The molecule has 1 N–H and O–H groups in total. The molecule has 1 rings (SSSR count). The highest BCUT2D eigenvalue weighted by Gasteiger charge is 2.02. The maximum atomic E-state index is 3.34. The summed E-state index contributed by atoms with van der Waals surface area (Å²) in [4.78, 5) is 0. The van der Waals surface area contributed by atoms with E-state index in [1.807, 2.05) is 23.1 Å². The molecule has 0 fully saturated rings. The summed E-state index contributed by atoms with van der Waals surface area (Å²) in [7, 11) is 2.06. The predicted molar refractivity (Wildman–Crippen MR) is 67.4 cm³/mol. The largest absolute Gasteiger partial charge is 0.317 e. The minimum atomic E-state index is 0.707. The lowest BCUT2D eigenvalue weighted by Crippen LogP contribution is -2.23. The first-order chi connectivity index (χ1) is 6.86. The lowest BCUT2D eigenvalue weighted by Gasteiger charge is -2.12. The van der Waals surface area contributed by atoms with Crippen LogP contribution < -0.4 is 5.32 Å². The van der Waals surface area contributed by atoms with E-state index < -0.39 is 0 Å². The molecule has 0 saturated carbocycles. The number of nitrogens with one attached hydrogen (secondary N) is 1. The number of hydrogen-bond acceptors (Lipinski definition) is 3. The molecule has 14 heavy (non-hydrogen) atoms. The molecule has 80 valence electrons. The van der Waals surface area contributed by atoms with E-state index in [2.05, 4.69) is 36.8 Å². The van der Waals surface area contributed by atoms with Crippen LogP contribution in [0.1, 0.15) is 26.2 Å². The molecule has 3 heteroatoms. The second-order valence-corrected chi connectivity index (χ2v) is 5.66. The van der Waals surface area contributed by atoms with Crippen molar-refractivity contribution in [1.29, 1.82) is 0 Å². The van der Waals surface area contributed by atoms with Crippen molar-refractivity contribution in [3.63, 3.8) is 0 Å². The molecule has 0 spiro atoms. The second kappa shape index (κ2) is 7.32. The Morgan fingerprint density at radius 1 is 1.57 bits per heavy atom. The van der Waals surface area contributed by atoms with E-state index in [1.165, 1.54) is 29.2 Å². The van der Waals surface area contributed by atoms with Gasteiger partial charge in [0.05, 0.1) is 4.21 Å². The Morgan fingerprint density at radius 2 is 2.43 bits per heavy atom. The Kier molecular flexibility index (Phi) is 6.32. The molecule has 1 aromatic rings. The van der Waals surface area contributed by atoms with Crippen molar-refractivity contribution in [2.24, 2.45) is 0 Å². The first kappa shape index (κ1) is 12.1. The molecule has 0 saturated heterocycles. The summed E-state index contributed by atoms with van der Waals surface area (Å²) < 4.78 is 1.45. The number of thiophene rings is 1. The molecular formula is C11H19NS2. The summed E-state index contributed by atoms with van der Waals surface area (Å²) in [6.45, 7) is 2.24. The predicted octanol–water partition coefficient (Wildman–Crippen LogP) is 3.62. The van der Waals surface area contributed by atoms with E-state index in [4.69, 9.17) is 0 Å². The quantitative estimate of drug-likeness (QED) is 0.566. The zero-order valence-corrected chi connectivity index (χ0v) is 10.6. The summed E-state index contributed by atoms with van der Waals surface area (Å²) >= 11 is 3.82. The Hall–Kier alpha value is 0.01000. The molecule has 0 aliphatic rings. The maximum Gasteiger partial charge on any atom is 0.0598 e. The van der Waals surface area contributed by atoms with E-state index in [-0.39, 0.29) is 0 Å². The summed E-state index contributed by atoms with van der Waals surface area (Å²) in [6.07, 6.45) is 3.84. The van der Waals surface area contributed by atoms with Crippen LogP contribution in [0, 0.1) is 0 Å². The normalized spacial score (nSPS) is 13.0. The van der Waals surface area contributed by atoms with Gasteiger partial charge in [0.2, 0.25) is 0 Å². The van der Waals surface area contributed by atoms with E-state index in [1.54, 1.807) is 0 Å². The topological polar surface area (TPSA) is 12.0 Å². The highest BCUT2D eigenvalue weighted by Crippen LogP contribution is 2.24. The van der Waals surface area contributed by atoms with Crippen LogP contribution in [0.4, 0.5) is 0 Å². The van der Waals surface area contributed by atoms with Crippen LogP contribution in [0.2, 0.25) is 0 Å². The molecule has 1 nitrogen and oxygen atoms in total. The molecule has 0 aromatic carbocycles. The van der Waals surface area contributed by atoms with Gasteiger partial charge in [0.15, 0.2) is 0 Å². The molecule has 1 heterocycles. The van der Waals surface area contributed by atoms with Crippen LogP contribution in [0.25, 0.3) is 0 Å². The van der Waals surface area contributed by atoms with Gasteiger partial charge in [-0.15, -0.1) is 23.1 Å². The molecule has 0 aliphatic carbocycles. The van der Waals surface area contributed by atoms with Crippen LogP contribution in [0.5, 0.6) is 0 Å². The van der Waals surface area contributed by atoms with Crippen molar-refractivity contribution < 1.29 is 0 Å². The van der Waals surface area contributed by atoms with Crippen molar-refractivity contribution in [2.45, 2.75) is 36.4 Å². The van der Waals surface area contributed by atoms with Gasteiger partial charge in [0.1, 0.15) is 0 Å². The van der Waals surface area contributed by atoms with E-state index in [9.17, 15) is 0 Å². The maximum absolute atomic E-state index is 3.34. The minimum Gasteiger partial charge on any atom is -0.317 e.